The van der Waals surface area contributed by atoms with E-state index in [-0.39, 0.29) is 0 Å². The molecule has 0 aromatic rings. The number of rotatable bonds is 2. The summed E-state index contributed by atoms with van der Waals surface area (Å²) in [5, 5.41) is 3.56. The van der Waals surface area contributed by atoms with Crippen molar-refractivity contribution in [3.8, 4) is 0 Å². The second-order valence-corrected chi connectivity index (χ2v) is 5.71. The van der Waals surface area contributed by atoms with Crippen LogP contribution < -0.4 is 5.32 Å². The van der Waals surface area contributed by atoms with Crippen LogP contribution >= 0.6 is 0 Å². The first-order chi connectivity index (χ1) is 7.63. The van der Waals surface area contributed by atoms with Crippen LogP contribution in [0.2, 0.25) is 0 Å². The van der Waals surface area contributed by atoms with Gasteiger partial charge in [0.2, 0.25) is 0 Å². The quantitative estimate of drug-likeness (QED) is 0.757. The highest BCUT2D eigenvalue weighted by atomic mass is 15.3. The van der Waals surface area contributed by atoms with E-state index in [2.05, 4.69) is 42.9 Å². The Bertz CT molecular complexity index is 219. The minimum Gasteiger partial charge on any atom is -0.315 e. The van der Waals surface area contributed by atoms with Crippen LogP contribution in [0.4, 0.5) is 0 Å². The maximum atomic E-state index is 3.56. The van der Waals surface area contributed by atoms with Gasteiger partial charge in [-0.25, -0.2) is 0 Å². The van der Waals surface area contributed by atoms with Gasteiger partial charge in [-0.3, -0.25) is 9.80 Å². The van der Waals surface area contributed by atoms with E-state index >= 15 is 0 Å². The van der Waals surface area contributed by atoms with E-state index in [1.54, 1.807) is 0 Å². The monoisotopic (exact) mass is 225 g/mol. The van der Waals surface area contributed by atoms with Crippen molar-refractivity contribution in [2.75, 3.05) is 33.2 Å². The molecule has 2 aliphatic rings. The van der Waals surface area contributed by atoms with Gasteiger partial charge in [0.1, 0.15) is 0 Å². The molecule has 0 aliphatic carbocycles. The molecule has 2 aliphatic heterocycles. The molecule has 16 heavy (non-hydrogen) atoms. The number of hydrogen-bond donors (Lipinski definition) is 1. The van der Waals surface area contributed by atoms with Gasteiger partial charge < -0.3 is 5.32 Å². The molecule has 0 radical (unpaired) electrons. The fraction of sp³-hybridized carbons (Fsp3) is 1.00. The van der Waals surface area contributed by atoms with Gasteiger partial charge in [0.25, 0.3) is 0 Å². The number of likely N-dealkylation sites (N-methyl/N-ethyl adjacent to an activating group) is 1. The molecular weight excluding hydrogens is 198 g/mol. The Morgan fingerprint density at radius 3 is 2.31 bits per heavy atom. The molecule has 2 rings (SSSR count). The minimum absolute atomic E-state index is 0.696. The van der Waals surface area contributed by atoms with Gasteiger partial charge >= 0.3 is 0 Å². The van der Waals surface area contributed by atoms with Gasteiger partial charge in [0, 0.05) is 37.8 Å². The zero-order valence-electron chi connectivity index (χ0n) is 11.2. The molecule has 3 nitrogen and oxygen atoms in total. The molecule has 0 aromatic heterocycles. The molecule has 0 saturated carbocycles. The van der Waals surface area contributed by atoms with E-state index in [4.69, 9.17) is 0 Å². The number of piperazine rings is 1. The lowest BCUT2D eigenvalue weighted by molar-refractivity contribution is 0.0269. The molecule has 0 spiro atoms. The first-order valence-electron chi connectivity index (χ1n) is 6.80. The Kier molecular flexibility index (Phi) is 3.88. The van der Waals surface area contributed by atoms with Gasteiger partial charge in [-0.15, -0.1) is 0 Å². The molecule has 94 valence electrons. The largest absolute Gasteiger partial charge is 0.315 e. The lowest BCUT2D eigenvalue weighted by Crippen LogP contribution is -2.58. The first kappa shape index (κ1) is 12.3. The van der Waals surface area contributed by atoms with E-state index in [0.29, 0.717) is 12.1 Å². The van der Waals surface area contributed by atoms with Crippen molar-refractivity contribution in [1.29, 1.82) is 0 Å². The third-order valence-corrected chi connectivity index (χ3v) is 4.69. The minimum atomic E-state index is 0.696. The summed E-state index contributed by atoms with van der Waals surface area (Å²) >= 11 is 0. The molecule has 0 aromatic carbocycles. The van der Waals surface area contributed by atoms with Crippen molar-refractivity contribution < 1.29 is 0 Å². The zero-order chi connectivity index (χ0) is 11.7. The average molecular weight is 225 g/mol. The summed E-state index contributed by atoms with van der Waals surface area (Å²) in [6.45, 7) is 11.9. The maximum Gasteiger partial charge on any atom is 0.0262 e. The smallest absolute Gasteiger partial charge is 0.0262 e. The standard InChI is InChI=1S/C13H27N3/c1-5-12-6-14-7-13(12)16-8-10(2)15(4)11(3)9-16/h10-14H,5-9H2,1-4H3. The predicted molar refractivity (Wildman–Crippen MR) is 68.7 cm³/mol. The van der Waals surface area contributed by atoms with Crippen molar-refractivity contribution in [3.63, 3.8) is 0 Å². The van der Waals surface area contributed by atoms with Crippen LogP contribution in [0.5, 0.6) is 0 Å². The number of nitrogens with zero attached hydrogens (tertiary/aromatic N) is 2. The Hall–Kier alpha value is -0.120. The van der Waals surface area contributed by atoms with E-state index < -0.39 is 0 Å². The van der Waals surface area contributed by atoms with Crippen LogP contribution in [0.15, 0.2) is 0 Å². The van der Waals surface area contributed by atoms with Crippen molar-refractivity contribution in [2.24, 2.45) is 5.92 Å². The van der Waals surface area contributed by atoms with Gasteiger partial charge in [0.15, 0.2) is 0 Å². The number of nitrogens with one attached hydrogen (secondary N) is 1. The molecule has 0 bridgehead atoms. The summed E-state index contributed by atoms with van der Waals surface area (Å²) in [5.41, 5.74) is 0. The molecule has 2 saturated heterocycles. The highest BCUT2D eigenvalue weighted by Crippen LogP contribution is 2.23. The Balaban J connectivity index is 1.99. The molecule has 4 unspecified atom stereocenters. The molecule has 2 fully saturated rings. The lowest BCUT2D eigenvalue weighted by atomic mass is 9.96. The first-order valence-corrected chi connectivity index (χ1v) is 6.80. The van der Waals surface area contributed by atoms with E-state index in [1.807, 2.05) is 0 Å². The van der Waals surface area contributed by atoms with Gasteiger partial charge in [0.05, 0.1) is 0 Å². The highest BCUT2D eigenvalue weighted by molar-refractivity contribution is 4.93. The van der Waals surface area contributed by atoms with Gasteiger partial charge in [-0.05, 0) is 33.4 Å². The fourth-order valence-corrected chi connectivity index (χ4v) is 3.28. The van der Waals surface area contributed by atoms with Gasteiger partial charge in [-0.1, -0.05) is 13.3 Å². The second kappa shape index (κ2) is 5.03. The third kappa shape index (κ3) is 2.27. The van der Waals surface area contributed by atoms with Crippen LogP contribution in [0.25, 0.3) is 0 Å². The molecular formula is C13H27N3. The Morgan fingerprint density at radius 1 is 1.12 bits per heavy atom. The van der Waals surface area contributed by atoms with E-state index in [9.17, 15) is 0 Å². The molecule has 4 atom stereocenters. The van der Waals surface area contributed by atoms with Crippen LogP contribution in [0.1, 0.15) is 27.2 Å². The summed E-state index contributed by atoms with van der Waals surface area (Å²) in [4.78, 5) is 5.24. The normalized spacial score (nSPS) is 42.8. The van der Waals surface area contributed by atoms with Crippen LogP contribution in [-0.4, -0.2) is 61.2 Å². The second-order valence-electron chi connectivity index (χ2n) is 5.71. The van der Waals surface area contributed by atoms with Crippen molar-refractivity contribution in [1.82, 2.24) is 15.1 Å². The molecule has 3 heteroatoms. The average Bonchev–Trinajstić information content (AvgIpc) is 2.73. The van der Waals surface area contributed by atoms with Gasteiger partial charge in [-0.2, -0.15) is 0 Å². The summed E-state index contributed by atoms with van der Waals surface area (Å²) in [6, 6.07) is 2.17. The van der Waals surface area contributed by atoms with Crippen molar-refractivity contribution >= 4 is 0 Å². The highest BCUT2D eigenvalue weighted by Gasteiger charge is 2.36. The van der Waals surface area contributed by atoms with Crippen LogP contribution in [0.3, 0.4) is 0 Å². The number of hydrogen-bond acceptors (Lipinski definition) is 3. The van der Waals surface area contributed by atoms with Crippen molar-refractivity contribution in [2.45, 2.75) is 45.3 Å². The molecule has 1 N–H and O–H groups in total. The van der Waals surface area contributed by atoms with E-state index in [1.165, 1.54) is 32.6 Å². The lowest BCUT2D eigenvalue weighted by Gasteiger charge is -2.45. The molecule has 2 heterocycles. The maximum absolute atomic E-state index is 3.56. The fourth-order valence-electron chi connectivity index (χ4n) is 3.28. The summed E-state index contributed by atoms with van der Waals surface area (Å²) in [6.07, 6.45) is 1.31. The topological polar surface area (TPSA) is 18.5 Å². The third-order valence-electron chi connectivity index (χ3n) is 4.69. The van der Waals surface area contributed by atoms with Crippen molar-refractivity contribution in [3.05, 3.63) is 0 Å². The summed E-state index contributed by atoms with van der Waals surface area (Å²) in [5.74, 6) is 0.864. The summed E-state index contributed by atoms with van der Waals surface area (Å²) in [7, 11) is 2.26. The van der Waals surface area contributed by atoms with Crippen LogP contribution in [0, 0.1) is 5.92 Å². The predicted octanol–water partition coefficient (Wildman–Crippen LogP) is 1.01. The summed E-state index contributed by atoms with van der Waals surface area (Å²) < 4.78 is 0. The SMILES string of the molecule is CCC1CNCC1N1CC(C)N(C)C(C)C1. The van der Waals surface area contributed by atoms with E-state index in [0.717, 1.165) is 12.0 Å². The molecule has 0 amide bonds. The van der Waals surface area contributed by atoms with Crippen LogP contribution in [-0.2, 0) is 0 Å². The Morgan fingerprint density at radius 2 is 1.75 bits per heavy atom. The Labute approximate surface area is 100 Å². The zero-order valence-corrected chi connectivity index (χ0v) is 11.2.